The summed E-state index contributed by atoms with van der Waals surface area (Å²) in [5, 5.41) is 13.7. The summed E-state index contributed by atoms with van der Waals surface area (Å²) in [6.45, 7) is 10.1. The summed E-state index contributed by atoms with van der Waals surface area (Å²) >= 11 is 0. The first-order valence-corrected chi connectivity index (χ1v) is 12.0. The minimum Gasteiger partial charge on any atom is -0.505 e. The molecule has 0 fully saturated rings. The van der Waals surface area contributed by atoms with Crippen LogP contribution in [-0.2, 0) is 21.1 Å². The van der Waals surface area contributed by atoms with Crippen LogP contribution < -0.4 is 4.74 Å². The van der Waals surface area contributed by atoms with E-state index in [0.717, 1.165) is 49.8 Å². The van der Waals surface area contributed by atoms with E-state index in [4.69, 9.17) is 9.72 Å². The number of pyridine rings is 2. The molecule has 3 heterocycles. The summed E-state index contributed by atoms with van der Waals surface area (Å²) < 4.78 is 8.39. The zero-order valence-corrected chi connectivity index (χ0v) is 23.6. The Morgan fingerprint density at radius 1 is 0.784 bits per heavy atom. The van der Waals surface area contributed by atoms with Crippen molar-refractivity contribution in [2.75, 3.05) is 0 Å². The maximum atomic E-state index is 10.6. The molecule has 0 amide bonds. The fraction of sp³-hybridized carbons (Fsp3) is 0.161. The summed E-state index contributed by atoms with van der Waals surface area (Å²) in [5.41, 5.74) is 7.70. The van der Waals surface area contributed by atoms with E-state index in [-0.39, 0.29) is 26.8 Å². The number of fused-ring (bicyclic) bond motifs is 4. The minimum atomic E-state index is 0. The fourth-order valence-electron chi connectivity index (χ4n) is 4.90. The summed E-state index contributed by atoms with van der Waals surface area (Å²) in [4.78, 5) is 9.45. The second kappa shape index (κ2) is 9.31. The number of ether oxygens (including phenoxy) is 1. The van der Waals surface area contributed by atoms with E-state index in [9.17, 15) is 5.11 Å². The Morgan fingerprint density at radius 3 is 2.30 bits per heavy atom. The number of rotatable bonds is 3. The summed E-state index contributed by atoms with van der Waals surface area (Å²) in [5.74, 6) is 1.99. The maximum Gasteiger partial charge on any atom is 0.217 e. The molecule has 0 bridgehead atoms. The molecule has 0 atom stereocenters. The van der Waals surface area contributed by atoms with Crippen molar-refractivity contribution in [1.82, 2.24) is 14.5 Å². The third-order valence-corrected chi connectivity index (χ3v) is 6.99. The van der Waals surface area contributed by atoms with Crippen molar-refractivity contribution in [1.29, 1.82) is 0 Å². The van der Waals surface area contributed by atoms with Gasteiger partial charge in [-0.3, -0.25) is 0 Å². The third-order valence-electron chi connectivity index (χ3n) is 6.99. The van der Waals surface area contributed by atoms with Crippen LogP contribution in [0.3, 0.4) is 0 Å². The van der Waals surface area contributed by atoms with Crippen molar-refractivity contribution in [3.63, 3.8) is 0 Å². The van der Waals surface area contributed by atoms with E-state index in [2.05, 4.69) is 47.7 Å². The predicted molar refractivity (Wildman–Crippen MR) is 145 cm³/mol. The van der Waals surface area contributed by atoms with E-state index in [1.807, 2.05) is 63.2 Å². The Morgan fingerprint density at radius 2 is 1.51 bits per heavy atom. The smallest absolute Gasteiger partial charge is 0.217 e. The zero-order valence-electron chi connectivity index (χ0n) is 21.3. The van der Waals surface area contributed by atoms with Crippen LogP contribution in [-0.4, -0.2) is 19.6 Å². The van der Waals surface area contributed by atoms with Crippen molar-refractivity contribution in [3.05, 3.63) is 94.7 Å². The Hall–Kier alpha value is -3.69. The number of hydrogen-bond donors (Lipinski definition) is 1. The van der Waals surface area contributed by atoms with Gasteiger partial charge in [-0.15, -0.1) is 17.5 Å². The molecule has 6 heteroatoms. The summed E-state index contributed by atoms with van der Waals surface area (Å²) in [6.07, 6.45) is 0. The van der Waals surface area contributed by atoms with Gasteiger partial charge in [0.15, 0.2) is 0 Å². The first kappa shape index (κ1) is 25.0. The Bertz CT molecular complexity index is 1840. The molecule has 0 radical (unpaired) electrons. The van der Waals surface area contributed by atoms with Gasteiger partial charge >= 0.3 is 0 Å². The van der Waals surface area contributed by atoms with E-state index < -0.39 is 0 Å². The zero-order chi connectivity index (χ0) is 25.1. The van der Waals surface area contributed by atoms with Gasteiger partial charge in [0, 0.05) is 49.5 Å². The van der Waals surface area contributed by atoms with Crippen molar-refractivity contribution >= 4 is 32.7 Å². The number of hydrogen-bond acceptors (Lipinski definition) is 4. The van der Waals surface area contributed by atoms with E-state index in [0.29, 0.717) is 17.1 Å². The molecule has 0 unspecified atom stereocenters. The number of aromatic nitrogens is 3. The maximum absolute atomic E-state index is 10.6. The third kappa shape index (κ3) is 4.08. The van der Waals surface area contributed by atoms with Gasteiger partial charge in [0.1, 0.15) is 17.1 Å². The Balaban J connectivity index is 0.00000280. The molecular formula is C31H26N3O2Pt-. The van der Waals surface area contributed by atoms with Crippen LogP contribution in [0.15, 0.2) is 60.7 Å². The largest absolute Gasteiger partial charge is 0.505 e. The van der Waals surface area contributed by atoms with Crippen LogP contribution in [0.4, 0.5) is 0 Å². The summed E-state index contributed by atoms with van der Waals surface area (Å²) in [6, 6.07) is 23.6. The number of nitrogens with zero attached hydrogens (tertiary/aromatic N) is 3. The molecule has 0 saturated carbocycles. The van der Waals surface area contributed by atoms with Gasteiger partial charge in [0.2, 0.25) is 5.88 Å². The molecule has 3 aromatic heterocycles. The Labute approximate surface area is 230 Å². The van der Waals surface area contributed by atoms with Crippen LogP contribution in [0.5, 0.6) is 17.4 Å². The standard InChI is InChI=1S/C31H26N3O2.Pt/c1-17-9-13-25-24-14-11-22(36-28-15-19(3)23-12-10-18(2)31(35)29(23)33-28)16-26(24)34(30(25)21(17)5)27-8-6-7-20(4)32-27;/h6-15,35H,1-5H3;/q-1;. The van der Waals surface area contributed by atoms with Crippen LogP contribution >= 0.6 is 0 Å². The molecule has 0 aliphatic rings. The van der Waals surface area contributed by atoms with Gasteiger partial charge in [-0.2, -0.15) is 6.07 Å². The second-order valence-electron chi connectivity index (χ2n) is 9.47. The topological polar surface area (TPSA) is 60.2 Å². The molecule has 6 rings (SSSR count). The number of benzene rings is 3. The van der Waals surface area contributed by atoms with Crippen molar-refractivity contribution < 1.29 is 30.9 Å². The molecule has 0 aliphatic heterocycles. The minimum absolute atomic E-state index is 0. The molecule has 0 aliphatic carbocycles. The summed E-state index contributed by atoms with van der Waals surface area (Å²) in [7, 11) is 0. The number of phenolic OH excluding ortho intramolecular Hbond substituents is 1. The predicted octanol–water partition coefficient (Wildman–Crippen LogP) is 7.56. The van der Waals surface area contributed by atoms with Crippen LogP contribution in [0, 0.1) is 40.7 Å². The molecule has 0 saturated heterocycles. The monoisotopic (exact) mass is 667 g/mol. The van der Waals surface area contributed by atoms with Gasteiger partial charge in [-0.25, -0.2) is 9.97 Å². The molecule has 6 aromatic rings. The molecule has 0 spiro atoms. The van der Waals surface area contributed by atoms with Gasteiger partial charge in [-0.1, -0.05) is 35.8 Å². The molecular weight excluding hydrogens is 641 g/mol. The second-order valence-corrected chi connectivity index (χ2v) is 9.47. The normalized spacial score (nSPS) is 11.3. The SMILES string of the molecule is Cc1cccc(-n2c3[c-]c(Oc4cc(C)c5ccc(C)c(O)c5n4)ccc3c3ccc(C)c(C)c32)n1.[Pt]. The van der Waals surface area contributed by atoms with Gasteiger partial charge in [0.25, 0.3) is 0 Å². The average Bonchev–Trinajstić information content (AvgIpc) is 3.18. The molecule has 5 nitrogen and oxygen atoms in total. The number of aromatic hydroxyl groups is 1. The van der Waals surface area contributed by atoms with Crippen LogP contribution in [0.25, 0.3) is 38.5 Å². The number of aryl methyl sites for hydroxylation is 5. The van der Waals surface area contributed by atoms with Crippen molar-refractivity contribution in [2.24, 2.45) is 0 Å². The molecule has 37 heavy (non-hydrogen) atoms. The fourth-order valence-corrected chi connectivity index (χ4v) is 4.90. The first-order chi connectivity index (χ1) is 17.3. The average molecular weight is 668 g/mol. The molecule has 3 aromatic carbocycles. The van der Waals surface area contributed by atoms with Crippen molar-refractivity contribution in [2.45, 2.75) is 34.6 Å². The number of phenols is 1. The van der Waals surface area contributed by atoms with E-state index in [1.54, 1.807) is 0 Å². The van der Waals surface area contributed by atoms with Gasteiger partial charge in [-0.05, 0) is 74.4 Å². The first-order valence-electron chi connectivity index (χ1n) is 12.0. The van der Waals surface area contributed by atoms with E-state index >= 15 is 0 Å². The van der Waals surface area contributed by atoms with Gasteiger partial charge in [0.05, 0.1) is 0 Å². The molecule has 1 N–H and O–H groups in total. The van der Waals surface area contributed by atoms with E-state index in [1.165, 1.54) is 11.1 Å². The molecule has 188 valence electrons. The van der Waals surface area contributed by atoms with Crippen LogP contribution in [0.1, 0.15) is 27.9 Å². The Kier molecular flexibility index (Phi) is 6.29. The van der Waals surface area contributed by atoms with Crippen LogP contribution in [0.2, 0.25) is 0 Å². The van der Waals surface area contributed by atoms with Crippen molar-refractivity contribution in [3.8, 4) is 23.2 Å². The quantitative estimate of drug-likeness (QED) is 0.198. The van der Waals surface area contributed by atoms with Gasteiger partial charge < -0.3 is 14.4 Å².